The molecule has 3 nitrogen and oxygen atoms in total. The molecular formula is C20H18NO2+. The topological polar surface area (TPSA) is 30.2 Å². The number of benzene rings is 2. The first-order chi connectivity index (χ1) is 11.3. The summed E-state index contributed by atoms with van der Waals surface area (Å²) in [7, 11) is 1.66. The first-order valence-corrected chi connectivity index (χ1v) is 7.48. The molecule has 23 heavy (non-hydrogen) atoms. The molecule has 1 heterocycles. The fourth-order valence-corrected chi connectivity index (χ4v) is 2.41. The maximum atomic E-state index is 12.4. The van der Waals surface area contributed by atoms with Crippen LogP contribution in [0.4, 0.5) is 0 Å². The van der Waals surface area contributed by atoms with Gasteiger partial charge in [0.1, 0.15) is 5.75 Å². The van der Waals surface area contributed by atoms with E-state index in [-0.39, 0.29) is 5.78 Å². The molecule has 0 N–H and O–H groups in total. The average Bonchev–Trinajstić information content (AvgIpc) is 2.63. The van der Waals surface area contributed by atoms with Crippen LogP contribution >= 0.6 is 0 Å². The van der Waals surface area contributed by atoms with E-state index in [0.29, 0.717) is 11.1 Å². The summed E-state index contributed by atoms with van der Waals surface area (Å²) in [5.74, 6) is 0.893. The van der Waals surface area contributed by atoms with Gasteiger partial charge in [-0.25, -0.2) is 4.57 Å². The normalized spacial score (nSPS) is 10.3. The first kappa shape index (κ1) is 15.0. The minimum absolute atomic E-state index is 0.0437. The van der Waals surface area contributed by atoms with Crippen LogP contribution in [0, 0.1) is 0 Å². The zero-order chi connectivity index (χ0) is 16.1. The lowest BCUT2D eigenvalue weighted by Gasteiger charge is -2.02. The molecule has 2 aromatic carbocycles. The van der Waals surface area contributed by atoms with E-state index in [9.17, 15) is 4.79 Å². The van der Waals surface area contributed by atoms with Gasteiger partial charge in [0.05, 0.1) is 7.11 Å². The highest BCUT2D eigenvalue weighted by Gasteiger charge is 2.10. The van der Waals surface area contributed by atoms with E-state index in [1.165, 1.54) is 5.56 Å². The molecule has 0 radical (unpaired) electrons. The first-order valence-electron chi connectivity index (χ1n) is 7.48. The molecule has 0 fully saturated rings. The molecule has 0 amide bonds. The van der Waals surface area contributed by atoms with Crippen molar-refractivity contribution in [2.75, 3.05) is 7.11 Å². The van der Waals surface area contributed by atoms with Crippen molar-refractivity contribution in [3.8, 4) is 5.75 Å². The lowest BCUT2D eigenvalue weighted by Crippen LogP contribution is -2.33. The number of hydrogen-bond donors (Lipinski definition) is 0. The molecule has 3 rings (SSSR count). The predicted octanol–water partition coefficient (Wildman–Crippen LogP) is 3.26. The largest absolute Gasteiger partial charge is 0.497 e. The van der Waals surface area contributed by atoms with Crippen molar-refractivity contribution in [2.45, 2.75) is 6.54 Å². The van der Waals surface area contributed by atoms with Crippen LogP contribution < -0.4 is 9.30 Å². The van der Waals surface area contributed by atoms with Crippen molar-refractivity contribution in [1.29, 1.82) is 0 Å². The van der Waals surface area contributed by atoms with Crippen molar-refractivity contribution in [3.05, 3.63) is 95.8 Å². The summed E-state index contributed by atoms with van der Waals surface area (Å²) < 4.78 is 7.20. The van der Waals surface area contributed by atoms with Gasteiger partial charge in [0.25, 0.3) is 0 Å². The van der Waals surface area contributed by atoms with Crippen LogP contribution in [-0.2, 0) is 6.54 Å². The van der Waals surface area contributed by atoms with Crippen LogP contribution in [0.25, 0.3) is 0 Å². The number of methoxy groups -OCH3 is 1. The number of ketones is 1. The second-order valence-corrected chi connectivity index (χ2v) is 5.30. The Morgan fingerprint density at radius 1 is 0.870 bits per heavy atom. The van der Waals surface area contributed by atoms with Gasteiger partial charge in [0.2, 0.25) is 0 Å². The maximum absolute atomic E-state index is 12.4. The zero-order valence-corrected chi connectivity index (χ0v) is 13.0. The summed E-state index contributed by atoms with van der Waals surface area (Å²) in [5, 5.41) is 0. The van der Waals surface area contributed by atoms with E-state index in [0.717, 1.165) is 12.3 Å². The number of hydrogen-bond acceptors (Lipinski definition) is 2. The summed E-state index contributed by atoms with van der Waals surface area (Å²) in [6, 6.07) is 21.0. The van der Waals surface area contributed by atoms with Crippen LogP contribution in [0.3, 0.4) is 0 Å². The van der Waals surface area contributed by atoms with Gasteiger partial charge in [-0.2, -0.15) is 0 Å². The van der Waals surface area contributed by atoms with Crippen molar-refractivity contribution in [1.82, 2.24) is 0 Å². The number of nitrogens with zero attached hydrogens (tertiary/aromatic N) is 1. The Bertz CT molecular complexity index is 778. The average molecular weight is 304 g/mol. The van der Waals surface area contributed by atoms with Gasteiger partial charge >= 0.3 is 0 Å². The Morgan fingerprint density at radius 2 is 1.48 bits per heavy atom. The van der Waals surface area contributed by atoms with Crippen LogP contribution in [0.15, 0.2) is 79.1 Å². The second-order valence-electron chi connectivity index (χ2n) is 5.30. The number of ether oxygens (including phenoxy) is 1. The summed E-state index contributed by atoms with van der Waals surface area (Å²) in [5.41, 5.74) is 2.58. The lowest BCUT2D eigenvalue weighted by atomic mass is 10.0. The standard InChI is InChI=1S/C20H18NO2/c1-23-19-9-7-16(8-10-19)15-21-13-11-18(12-14-21)20(22)17-5-3-2-4-6-17/h2-14H,15H2,1H3/q+1. The van der Waals surface area contributed by atoms with Gasteiger partial charge in [0, 0.05) is 28.8 Å². The maximum Gasteiger partial charge on any atom is 0.193 e. The minimum atomic E-state index is 0.0437. The van der Waals surface area contributed by atoms with Gasteiger partial charge in [-0.3, -0.25) is 4.79 Å². The molecule has 0 saturated heterocycles. The number of rotatable bonds is 5. The molecular weight excluding hydrogens is 286 g/mol. The summed E-state index contributed by atoms with van der Waals surface area (Å²) >= 11 is 0. The molecule has 0 saturated carbocycles. The molecule has 0 atom stereocenters. The van der Waals surface area contributed by atoms with Crippen molar-refractivity contribution >= 4 is 5.78 Å². The smallest absolute Gasteiger partial charge is 0.193 e. The monoisotopic (exact) mass is 304 g/mol. The van der Waals surface area contributed by atoms with E-state index in [1.807, 2.05) is 83.7 Å². The molecule has 0 aliphatic carbocycles. The van der Waals surface area contributed by atoms with E-state index in [2.05, 4.69) is 0 Å². The Balaban J connectivity index is 1.72. The van der Waals surface area contributed by atoms with Gasteiger partial charge in [0.15, 0.2) is 24.7 Å². The molecule has 114 valence electrons. The van der Waals surface area contributed by atoms with E-state index < -0.39 is 0 Å². The summed E-state index contributed by atoms with van der Waals surface area (Å²) in [6.45, 7) is 0.754. The van der Waals surface area contributed by atoms with Gasteiger partial charge in [-0.1, -0.05) is 30.3 Å². The second kappa shape index (κ2) is 6.88. The molecule has 1 aromatic heterocycles. The highest BCUT2D eigenvalue weighted by atomic mass is 16.5. The quantitative estimate of drug-likeness (QED) is 0.535. The molecule has 3 heteroatoms. The number of pyridine rings is 1. The van der Waals surface area contributed by atoms with Crippen LogP contribution in [0.2, 0.25) is 0 Å². The van der Waals surface area contributed by atoms with Crippen LogP contribution in [0.1, 0.15) is 21.5 Å². The highest BCUT2D eigenvalue weighted by Crippen LogP contribution is 2.11. The zero-order valence-electron chi connectivity index (χ0n) is 13.0. The third kappa shape index (κ3) is 3.64. The van der Waals surface area contributed by atoms with Crippen molar-refractivity contribution < 1.29 is 14.1 Å². The Kier molecular flexibility index (Phi) is 4.48. The molecule has 0 spiro atoms. The van der Waals surface area contributed by atoms with Crippen molar-refractivity contribution in [2.24, 2.45) is 0 Å². The SMILES string of the molecule is COc1ccc(C[n+]2ccc(C(=O)c3ccccc3)cc2)cc1. The highest BCUT2D eigenvalue weighted by molar-refractivity contribution is 6.08. The summed E-state index contributed by atoms with van der Waals surface area (Å²) in [4.78, 5) is 12.4. The third-order valence-corrected chi connectivity index (χ3v) is 3.71. The van der Waals surface area contributed by atoms with Gasteiger partial charge in [-0.15, -0.1) is 0 Å². The molecule has 0 unspecified atom stereocenters. The van der Waals surface area contributed by atoms with E-state index in [1.54, 1.807) is 7.11 Å². The number of carbonyl (C=O) groups is 1. The minimum Gasteiger partial charge on any atom is -0.497 e. The van der Waals surface area contributed by atoms with Gasteiger partial charge in [-0.05, 0) is 24.3 Å². The van der Waals surface area contributed by atoms with Gasteiger partial charge < -0.3 is 4.74 Å². The Labute approximate surface area is 135 Å². The number of aromatic nitrogens is 1. The Hall–Kier alpha value is -2.94. The fraction of sp³-hybridized carbons (Fsp3) is 0.100. The fourth-order valence-electron chi connectivity index (χ4n) is 2.41. The van der Waals surface area contributed by atoms with E-state index in [4.69, 9.17) is 4.74 Å². The lowest BCUT2D eigenvalue weighted by molar-refractivity contribution is -0.688. The van der Waals surface area contributed by atoms with E-state index >= 15 is 0 Å². The predicted molar refractivity (Wildman–Crippen MR) is 88.6 cm³/mol. The molecule has 0 aliphatic rings. The van der Waals surface area contributed by atoms with Crippen LogP contribution in [-0.4, -0.2) is 12.9 Å². The molecule has 0 bridgehead atoms. The third-order valence-electron chi connectivity index (χ3n) is 3.71. The molecule has 0 aliphatic heterocycles. The van der Waals surface area contributed by atoms with Crippen molar-refractivity contribution in [3.63, 3.8) is 0 Å². The number of carbonyl (C=O) groups excluding carboxylic acids is 1. The Morgan fingerprint density at radius 3 is 2.09 bits per heavy atom. The van der Waals surface area contributed by atoms with Crippen LogP contribution in [0.5, 0.6) is 5.75 Å². The summed E-state index contributed by atoms with van der Waals surface area (Å²) in [6.07, 6.45) is 3.86. The molecule has 3 aromatic rings.